The monoisotopic (exact) mass is 511 g/mol. The third kappa shape index (κ3) is 6.28. The van der Waals surface area contributed by atoms with Crippen molar-refractivity contribution < 1.29 is 4.21 Å². The van der Waals surface area contributed by atoms with Crippen molar-refractivity contribution in [3.8, 4) is 0 Å². The van der Waals surface area contributed by atoms with E-state index in [1.807, 2.05) is 0 Å². The molecule has 2 nitrogen and oxygen atoms in total. The minimum atomic E-state index is -1.11. The van der Waals surface area contributed by atoms with Gasteiger partial charge in [-0.15, -0.1) is 0 Å². The van der Waals surface area contributed by atoms with Crippen LogP contribution in [0.4, 0.5) is 0 Å². The maximum atomic E-state index is 13.8. The van der Waals surface area contributed by atoms with Crippen LogP contribution < -0.4 is 5.30 Å². The van der Waals surface area contributed by atoms with E-state index in [0.717, 1.165) is 11.3 Å². The van der Waals surface area contributed by atoms with Crippen LogP contribution in [0.25, 0.3) is 0 Å². The van der Waals surface area contributed by atoms with Crippen molar-refractivity contribution in [2.75, 3.05) is 7.05 Å². The summed E-state index contributed by atoms with van der Waals surface area (Å²) >= 11 is 0. The molecule has 4 rings (SSSR count). The molecular weight excluding hydrogens is 465 g/mol. The van der Waals surface area contributed by atoms with E-state index in [1.54, 1.807) is 5.30 Å². The number of benzene rings is 2. The molecule has 35 heavy (non-hydrogen) atoms. The van der Waals surface area contributed by atoms with E-state index in [-0.39, 0.29) is 18.7 Å². The summed E-state index contributed by atoms with van der Waals surface area (Å²) in [6, 6.07) is 18.1. The molecule has 0 heterocycles. The quantitative estimate of drug-likeness (QED) is 0.343. The maximum absolute atomic E-state index is 13.8. The summed E-state index contributed by atoms with van der Waals surface area (Å²) in [4.78, 5) is 0. The van der Waals surface area contributed by atoms with Crippen LogP contribution >= 0.6 is 7.92 Å². The van der Waals surface area contributed by atoms with Gasteiger partial charge in [-0.05, 0) is 86.7 Å². The van der Waals surface area contributed by atoms with Gasteiger partial charge in [0, 0.05) is 7.05 Å². The van der Waals surface area contributed by atoms with Crippen molar-refractivity contribution >= 4 is 24.2 Å². The van der Waals surface area contributed by atoms with Crippen LogP contribution in [-0.4, -0.2) is 31.6 Å². The summed E-state index contributed by atoms with van der Waals surface area (Å²) in [7, 11) is 0.727. The van der Waals surface area contributed by atoms with Gasteiger partial charge in [-0.2, -0.15) is 0 Å². The zero-order valence-electron chi connectivity index (χ0n) is 22.6. The highest BCUT2D eigenvalue weighted by atomic mass is 32.2. The van der Waals surface area contributed by atoms with E-state index in [2.05, 4.69) is 87.6 Å². The number of aryl methyl sites for hydroxylation is 1. The Morgan fingerprint density at radius 2 is 1.29 bits per heavy atom. The van der Waals surface area contributed by atoms with Crippen LogP contribution in [-0.2, 0) is 11.0 Å². The Kier molecular flexibility index (Phi) is 9.28. The van der Waals surface area contributed by atoms with E-state index < -0.39 is 11.0 Å². The normalized spacial score (nSPS) is 20.3. The van der Waals surface area contributed by atoms with Crippen molar-refractivity contribution in [1.29, 1.82) is 0 Å². The van der Waals surface area contributed by atoms with E-state index in [9.17, 15) is 4.21 Å². The van der Waals surface area contributed by atoms with Crippen LogP contribution in [0.15, 0.2) is 48.5 Å². The molecule has 0 bridgehead atoms. The van der Waals surface area contributed by atoms with E-state index >= 15 is 0 Å². The molecule has 2 atom stereocenters. The molecule has 2 fully saturated rings. The van der Waals surface area contributed by atoms with Crippen molar-refractivity contribution in [2.45, 2.75) is 114 Å². The number of hydrogen-bond donors (Lipinski definition) is 0. The van der Waals surface area contributed by atoms with Gasteiger partial charge in [-0.1, -0.05) is 95.0 Å². The van der Waals surface area contributed by atoms with Crippen molar-refractivity contribution in [3.05, 3.63) is 65.2 Å². The largest absolute Gasteiger partial charge is 0.242 e. The SMILES string of the molecule is Cc1ccccc1[C@@H](c1ccccc1P(C1CCCCC1)C1CCCCC1)N(C)S(=O)C(C)(C)C. The molecule has 2 aromatic rings. The van der Waals surface area contributed by atoms with Gasteiger partial charge >= 0.3 is 0 Å². The molecule has 1 unspecified atom stereocenters. The second kappa shape index (κ2) is 12.0. The lowest BCUT2D eigenvalue weighted by Gasteiger charge is -2.41. The summed E-state index contributed by atoms with van der Waals surface area (Å²) in [6.45, 7) is 8.50. The molecule has 2 aliphatic carbocycles. The molecule has 4 heteroatoms. The first-order valence-electron chi connectivity index (χ1n) is 13.9. The Balaban J connectivity index is 1.85. The average molecular weight is 512 g/mol. The van der Waals surface area contributed by atoms with E-state index in [4.69, 9.17) is 0 Å². The zero-order chi connectivity index (χ0) is 25.0. The Labute approximate surface area is 218 Å². The number of rotatable bonds is 7. The molecule has 0 N–H and O–H groups in total. The van der Waals surface area contributed by atoms with E-state index in [0.29, 0.717) is 0 Å². The smallest absolute Gasteiger partial charge is 0.100 e. The van der Waals surface area contributed by atoms with Gasteiger partial charge in [0.25, 0.3) is 0 Å². The fraction of sp³-hybridized carbons (Fsp3) is 0.613. The summed E-state index contributed by atoms with van der Waals surface area (Å²) in [5.41, 5.74) is 5.68. The van der Waals surface area contributed by atoms with Crippen molar-refractivity contribution in [3.63, 3.8) is 0 Å². The van der Waals surface area contributed by atoms with Gasteiger partial charge in [-0.3, -0.25) is 0 Å². The van der Waals surface area contributed by atoms with Gasteiger partial charge in [0.15, 0.2) is 0 Å². The fourth-order valence-electron chi connectivity index (χ4n) is 6.34. The molecule has 2 saturated carbocycles. The average Bonchev–Trinajstić information content (AvgIpc) is 2.86. The predicted molar refractivity (Wildman–Crippen MR) is 155 cm³/mol. The highest BCUT2D eigenvalue weighted by molar-refractivity contribution is 7.84. The second-order valence-corrected chi connectivity index (χ2v) is 16.8. The number of nitrogens with zero attached hydrogens (tertiary/aromatic N) is 1. The van der Waals surface area contributed by atoms with Gasteiger partial charge in [-0.25, -0.2) is 8.51 Å². The summed E-state index contributed by atoms with van der Waals surface area (Å²) in [6.07, 6.45) is 14.0. The molecule has 2 aromatic carbocycles. The summed E-state index contributed by atoms with van der Waals surface area (Å²) in [5, 5.41) is 1.60. The van der Waals surface area contributed by atoms with Gasteiger partial charge < -0.3 is 0 Å². The maximum Gasteiger partial charge on any atom is 0.100 e. The predicted octanol–water partition coefficient (Wildman–Crippen LogP) is 8.25. The first-order valence-corrected chi connectivity index (χ1v) is 16.5. The van der Waals surface area contributed by atoms with Crippen LogP contribution in [0.2, 0.25) is 0 Å². The lowest BCUT2D eigenvalue weighted by molar-refractivity contribution is 0.439. The standard InChI is InChI=1S/C31H46NOPS/c1-24-16-12-13-21-27(24)30(32(5)35(33)31(2,3)4)28-22-14-15-23-29(28)34(25-17-8-6-9-18-25)26-19-10-7-11-20-26/h12-16,21-23,25-26,30H,6-11,17-20H2,1-5H3/t30-,35?/m0/s1. The lowest BCUT2D eigenvalue weighted by Crippen LogP contribution is -2.40. The molecule has 2 aliphatic rings. The van der Waals surface area contributed by atoms with Crippen molar-refractivity contribution in [2.24, 2.45) is 0 Å². The van der Waals surface area contributed by atoms with Gasteiger partial charge in [0.1, 0.15) is 11.0 Å². The molecule has 192 valence electrons. The molecular formula is C31H46NOPS. The first-order chi connectivity index (χ1) is 16.8. The molecule has 0 saturated heterocycles. The lowest BCUT2D eigenvalue weighted by atomic mass is 9.95. The molecule has 0 radical (unpaired) electrons. The Morgan fingerprint density at radius 1 is 0.800 bits per heavy atom. The third-order valence-corrected chi connectivity index (χ3v) is 13.4. The zero-order valence-corrected chi connectivity index (χ0v) is 24.3. The highest BCUT2D eigenvalue weighted by Crippen LogP contribution is 2.56. The summed E-state index contributed by atoms with van der Waals surface area (Å²) < 4.78 is 15.7. The van der Waals surface area contributed by atoms with Gasteiger partial charge in [0.2, 0.25) is 0 Å². The van der Waals surface area contributed by atoms with E-state index in [1.165, 1.54) is 80.9 Å². The Morgan fingerprint density at radius 3 is 1.80 bits per heavy atom. The number of hydrogen-bond acceptors (Lipinski definition) is 1. The fourth-order valence-corrected chi connectivity index (χ4v) is 11.6. The Hall–Kier alpha value is -1.02. The molecule has 0 aliphatic heterocycles. The molecule has 0 aromatic heterocycles. The molecule has 0 amide bonds. The Bertz CT molecular complexity index is 969. The highest BCUT2D eigenvalue weighted by Gasteiger charge is 2.37. The summed E-state index contributed by atoms with van der Waals surface area (Å²) in [5.74, 6) is 0. The van der Waals surface area contributed by atoms with Crippen LogP contribution in [0.3, 0.4) is 0 Å². The van der Waals surface area contributed by atoms with Crippen LogP contribution in [0.1, 0.15) is 108 Å². The minimum Gasteiger partial charge on any atom is -0.242 e. The minimum absolute atomic E-state index is 0.00430. The second-order valence-electron chi connectivity index (χ2n) is 11.7. The van der Waals surface area contributed by atoms with Crippen LogP contribution in [0.5, 0.6) is 0 Å². The third-order valence-electron chi connectivity index (χ3n) is 8.08. The van der Waals surface area contributed by atoms with Crippen molar-refractivity contribution in [1.82, 2.24) is 4.31 Å². The first kappa shape index (κ1) is 27.0. The topological polar surface area (TPSA) is 20.3 Å². The van der Waals surface area contributed by atoms with Crippen LogP contribution in [0, 0.1) is 6.92 Å². The molecule has 0 spiro atoms. The van der Waals surface area contributed by atoms with Gasteiger partial charge in [0.05, 0.1) is 10.8 Å².